The molecule has 0 spiro atoms. The highest BCUT2D eigenvalue weighted by Gasteiger charge is 2.15. The predicted octanol–water partition coefficient (Wildman–Crippen LogP) is 0.475. The summed E-state index contributed by atoms with van der Waals surface area (Å²) in [7, 11) is 1.76. The minimum Gasteiger partial charge on any atom is -0.376 e. The second kappa shape index (κ2) is 6.44. The summed E-state index contributed by atoms with van der Waals surface area (Å²) in [5.74, 6) is 1.38. The van der Waals surface area contributed by atoms with Crippen LogP contribution in [0.15, 0.2) is 12.7 Å². The fourth-order valence-corrected chi connectivity index (χ4v) is 2.14. The van der Waals surface area contributed by atoms with E-state index >= 15 is 0 Å². The minimum atomic E-state index is 0.211. The second-order valence-electron chi connectivity index (χ2n) is 4.74. The summed E-state index contributed by atoms with van der Waals surface area (Å²) >= 11 is 0. The van der Waals surface area contributed by atoms with Gasteiger partial charge in [-0.25, -0.2) is 4.98 Å². The first-order valence-corrected chi connectivity index (χ1v) is 6.99. The van der Waals surface area contributed by atoms with E-state index in [1.165, 1.54) is 17.4 Å². The van der Waals surface area contributed by atoms with Crippen molar-refractivity contribution in [3.8, 4) is 5.95 Å². The summed E-state index contributed by atoms with van der Waals surface area (Å²) in [6, 6.07) is 0. The molecule has 2 N–H and O–H groups in total. The van der Waals surface area contributed by atoms with Crippen LogP contribution < -0.4 is 10.6 Å². The van der Waals surface area contributed by atoms with E-state index in [1.54, 1.807) is 13.4 Å². The highest BCUT2D eigenvalue weighted by molar-refractivity contribution is 5.37. The lowest BCUT2D eigenvalue weighted by atomic mass is 10.1. The normalized spacial score (nSPS) is 18.4. The van der Waals surface area contributed by atoms with Gasteiger partial charge in [-0.2, -0.15) is 24.7 Å². The number of hydrogen-bond acceptors (Lipinski definition) is 8. The van der Waals surface area contributed by atoms with Crippen molar-refractivity contribution < 1.29 is 4.74 Å². The van der Waals surface area contributed by atoms with Crippen LogP contribution in [0.2, 0.25) is 0 Å². The molecule has 2 aromatic rings. The zero-order valence-corrected chi connectivity index (χ0v) is 11.9. The van der Waals surface area contributed by atoms with Crippen LogP contribution in [0.5, 0.6) is 0 Å². The molecule has 3 rings (SSSR count). The number of nitrogens with one attached hydrogen (secondary N) is 2. The van der Waals surface area contributed by atoms with Gasteiger partial charge in [-0.1, -0.05) is 0 Å². The Bertz CT molecular complexity index is 567. The highest BCUT2D eigenvalue weighted by atomic mass is 16.5. The summed E-state index contributed by atoms with van der Waals surface area (Å²) < 4.78 is 7.17. The van der Waals surface area contributed by atoms with Crippen LogP contribution in [-0.4, -0.2) is 56.0 Å². The van der Waals surface area contributed by atoms with Crippen LogP contribution in [0, 0.1) is 0 Å². The molecule has 1 aliphatic heterocycles. The largest absolute Gasteiger partial charge is 0.376 e. The topological polar surface area (TPSA) is 103 Å². The third-order valence-corrected chi connectivity index (χ3v) is 3.23. The van der Waals surface area contributed by atoms with Gasteiger partial charge >= 0.3 is 0 Å². The van der Waals surface area contributed by atoms with Gasteiger partial charge in [-0.05, 0) is 19.3 Å². The smallest absolute Gasteiger partial charge is 0.258 e. The summed E-state index contributed by atoms with van der Waals surface area (Å²) in [5, 5.41) is 10.1. The van der Waals surface area contributed by atoms with Gasteiger partial charge in [0, 0.05) is 20.2 Å². The monoisotopic (exact) mass is 290 g/mol. The van der Waals surface area contributed by atoms with Gasteiger partial charge in [0.1, 0.15) is 12.7 Å². The maximum atomic E-state index is 5.68. The van der Waals surface area contributed by atoms with Crippen LogP contribution in [0.3, 0.4) is 0 Å². The van der Waals surface area contributed by atoms with Crippen LogP contribution in [-0.2, 0) is 4.74 Å². The molecule has 9 heteroatoms. The van der Waals surface area contributed by atoms with Crippen LogP contribution in [0.25, 0.3) is 5.95 Å². The summed E-state index contributed by atoms with van der Waals surface area (Å²) in [6.07, 6.45) is 6.60. The van der Waals surface area contributed by atoms with E-state index in [2.05, 4.69) is 35.7 Å². The zero-order valence-electron chi connectivity index (χ0n) is 11.9. The van der Waals surface area contributed by atoms with E-state index in [0.29, 0.717) is 24.4 Å². The van der Waals surface area contributed by atoms with Gasteiger partial charge < -0.3 is 15.4 Å². The fourth-order valence-electron chi connectivity index (χ4n) is 2.14. The molecule has 1 aliphatic rings. The van der Waals surface area contributed by atoms with Crippen molar-refractivity contribution in [2.75, 3.05) is 30.8 Å². The first kappa shape index (κ1) is 13.7. The van der Waals surface area contributed by atoms with Crippen molar-refractivity contribution >= 4 is 11.9 Å². The molecule has 21 heavy (non-hydrogen) atoms. The molecule has 1 unspecified atom stereocenters. The van der Waals surface area contributed by atoms with Gasteiger partial charge in [0.25, 0.3) is 5.95 Å². The average molecular weight is 290 g/mol. The Kier molecular flexibility index (Phi) is 4.20. The van der Waals surface area contributed by atoms with Crippen molar-refractivity contribution in [3.63, 3.8) is 0 Å². The molecule has 9 nitrogen and oxygen atoms in total. The minimum absolute atomic E-state index is 0.211. The van der Waals surface area contributed by atoms with Crippen LogP contribution >= 0.6 is 0 Å². The van der Waals surface area contributed by atoms with Gasteiger partial charge in [0.15, 0.2) is 0 Å². The van der Waals surface area contributed by atoms with Gasteiger partial charge in [0.05, 0.1) is 6.10 Å². The Labute approximate surface area is 122 Å². The molecule has 2 aromatic heterocycles. The molecular weight excluding hydrogens is 272 g/mol. The Morgan fingerprint density at radius 1 is 1.29 bits per heavy atom. The van der Waals surface area contributed by atoms with E-state index in [0.717, 1.165) is 19.4 Å². The molecular formula is C12H18N8O. The Morgan fingerprint density at radius 3 is 2.90 bits per heavy atom. The second-order valence-corrected chi connectivity index (χ2v) is 4.74. The molecule has 0 saturated carbocycles. The predicted molar refractivity (Wildman–Crippen MR) is 76.4 cm³/mol. The van der Waals surface area contributed by atoms with Crippen LogP contribution in [0.1, 0.15) is 19.3 Å². The maximum absolute atomic E-state index is 5.68. The lowest BCUT2D eigenvalue weighted by molar-refractivity contribution is 0.0246. The molecule has 0 aromatic carbocycles. The van der Waals surface area contributed by atoms with E-state index in [4.69, 9.17) is 4.74 Å². The van der Waals surface area contributed by atoms with E-state index < -0.39 is 0 Å². The molecule has 1 saturated heterocycles. The lowest BCUT2D eigenvalue weighted by Crippen LogP contribution is -2.27. The van der Waals surface area contributed by atoms with Gasteiger partial charge in [0.2, 0.25) is 11.9 Å². The third-order valence-electron chi connectivity index (χ3n) is 3.23. The van der Waals surface area contributed by atoms with Crippen molar-refractivity contribution in [1.82, 2.24) is 29.7 Å². The molecule has 0 radical (unpaired) electrons. The van der Waals surface area contributed by atoms with Crippen molar-refractivity contribution in [3.05, 3.63) is 12.7 Å². The number of hydrogen-bond donors (Lipinski definition) is 2. The molecule has 3 heterocycles. The van der Waals surface area contributed by atoms with E-state index in [9.17, 15) is 0 Å². The van der Waals surface area contributed by atoms with E-state index in [1.807, 2.05) is 0 Å². The summed E-state index contributed by atoms with van der Waals surface area (Å²) in [4.78, 5) is 16.8. The Hall–Kier alpha value is -2.29. The first-order valence-electron chi connectivity index (χ1n) is 6.99. The highest BCUT2D eigenvalue weighted by Crippen LogP contribution is 2.14. The average Bonchev–Trinajstić information content (AvgIpc) is 3.08. The van der Waals surface area contributed by atoms with E-state index in [-0.39, 0.29) is 6.10 Å². The quantitative estimate of drug-likeness (QED) is 0.819. The zero-order chi connectivity index (χ0) is 14.5. The van der Waals surface area contributed by atoms with Crippen molar-refractivity contribution in [2.24, 2.45) is 0 Å². The van der Waals surface area contributed by atoms with Gasteiger partial charge in [-0.3, -0.25) is 0 Å². The van der Waals surface area contributed by atoms with Crippen molar-refractivity contribution in [2.45, 2.75) is 25.4 Å². The number of ether oxygens (including phenoxy) is 1. The first-order chi connectivity index (χ1) is 10.3. The third kappa shape index (κ3) is 3.43. The molecule has 0 amide bonds. The maximum Gasteiger partial charge on any atom is 0.258 e. The number of anilines is 2. The number of aromatic nitrogens is 6. The molecule has 0 bridgehead atoms. The summed E-state index contributed by atoms with van der Waals surface area (Å²) in [6.45, 7) is 1.51. The fraction of sp³-hybridized carbons (Fsp3) is 0.583. The molecule has 0 aliphatic carbocycles. The summed E-state index contributed by atoms with van der Waals surface area (Å²) in [5.41, 5.74) is 0. The van der Waals surface area contributed by atoms with Gasteiger partial charge in [-0.15, -0.1) is 0 Å². The SMILES string of the molecule is CNc1nc(NCC2CCCCO2)nc(-n2cncn2)n1. The molecule has 1 fully saturated rings. The van der Waals surface area contributed by atoms with Crippen molar-refractivity contribution in [1.29, 1.82) is 0 Å². The van der Waals surface area contributed by atoms with Crippen LogP contribution in [0.4, 0.5) is 11.9 Å². The Morgan fingerprint density at radius 2 is 2.19 bits per heavy atom. The number of nitrogens with zero attached hydrogens (tertiary/aromatic N) is 6. The molecule has 112 valence electrons. The lowest BCUT2D eigenvalue weighted by Gasteiger charge is -2.22. The number of rotatable bonds is 5. The Balaban J connectivity index is 1.73. The standard InChI is InChI=1S/C12H18N8O/c1-13-10-17-11(15-6-9-4-2-3-5-21-9)19-12(18-10)20-8-14-7-16-20/h7-9H,2-6H2,1H3,(H2,13,15,17,18,19). The molecule has 1 atom stereocenters.